The first-order chi connectivity index (χ1) is 11.4. The van der Waals surface area contributed by atoms with Gasteiger partial charge in [-0.15, -0.1) is 0 Å². The van der Waals surface area contributed by atoms with Gasteiger partial charge in [0.15, 0.2) is 17.6 Å². The van der Waals surface area contributed by atoms with Gasteiger partial charge in [-0.05, 0) is 45.4 Å². The van der Waals surface area contributed by atoms with Crippen molar-refractivity contribution in [1.29, 1.82) is 0 Å². The highest BCUT2D eigenvalue weighted by atomic mass is 32.2. The van der Waals surface area contributed by atoms with Gasteiger partial charge in [-0.3, -0.25) is 4.99 Å². The molecule has 1 unspecified atom stereocenters. The average molecular weight is 376 g/mol. The molecule has 0 saturated carbocycles. The van der Waals surface area contributed by atoms with Gasteiger partial charge in [-0.25, -0.2) is 21.9 Å². The van der Waals surface area contributed by atoms with Crippen LogP contribution in [-0.4, -0.2) is 39.3 Å². The van der Waals surface area contributed by atoms with Crippen LogP contribution in [0.3, 0.4) is 0 Å². The van der Waals surface area contributed by atoms with Crippen molar-refractivity contribution in [1.82, 2.24) is 15.4 Å². The number of hydrogen-bond acceptors (Lipinski definition) is 3. The number of nitrogens with one attached hydrogen (secondary N) is 3. The summed E-state index contributed by atoms with van der Waals surface area (Å²) in [5.41, 5.74) is -0.195. The van der Waals surface area contributed by atoms with Crippen LogP contribution >= 0.6 is 0 Å². The zero-order valence-corrected chi connectivity index (χ0v) is 16.0. The number of halogens is 2. The molecule has 0 heterocycles. The van der Waals surface area contributed by atoms with E-state index in [4.69, 9.17) is 0 Å². The molecule has 0 spiro atoms. The van der Waals surface area contributed by atoms with E-state index in [9.17, 15) is 17.2 Å². The summed E-state index contributed by atoms with van der Waals surface area (Å²) in [6, 6.07) is 3.38. The van der Waals surface area contributed by atoms with E-state index in [-0.39, 0.29) is 12.6 Å². The van der Waals surface area contributed by atoms with E-state index < -0.39 is 27.2 Å². The number of aliphatic imine (C=N–C) groups is 1. The van der Waals surface area contributed by atoms with E-state index in [2.05, 4.69) is 20.3 Å². The Labute approximate surface area is 148 Å². The minimum atomic E-state index is -3.35. The molecule has 0 aliphatic carbocycles. The van der Waals surface area contributed by atoms with Gasteiger partial charge >= 0.3 is 0 Å². The Morgan fingerprint density at radius 1 is 1.28 bits per heavy atom. The first-order valence-electron chi connectivity index (χ1n) is 7.92. The third-order valence-electron chi connectivity index (χ3n) is 3.24. The highest BCUT2D eigenvalue weighted by Crippen LogP contribution is 2.16. The summed E-state index contributed by atoms with van der Waals surface area (Å²) in [5, 5.41) is 6.13. The smallest absolute Gasteiger partial charge is 0.209 e. The molecule has 1 aromatic carbocycles. The fourth-order valence-electron chi connectivity index (χ4n) is 2.20. The van der Waals surface area contributed by atoms with E-state index in [0.29, 0.717) is 18.1 Å². The van der Waals surface area contributed by atoms with E-state index in [1.54, 1.807) is 20.8 Å². The SMILES string of the molecule is CCNC(=NCC(C)(C)NS(C)(=O)=O)NC(C)c1ccc(F)c(F)c1. The maximum Gasteiger partial charge on any atom is 0.209 e. The van der Waals surface area contributed by atoms with Crippen molar-refractivity contribution in [3.8, 4) is 0 Å². The van der Waals surface area contributed by atoms with Crippen LogP contribution in [0.1, 0.15) is 39.3 Å². The molecule has 1 atom stereocenters. The fraction of sp³-hybridized carbons (Fsp3) is 0.562. The summed E-state index contributed by atoms with van der Waals surface area (Å²) in [4.78, 5) is 4.37. The molecule has 25 heavy (non-hydrogen) atoms. The van der Waals surface area contributed by atoms with Crippen molar-refractivity contribution in [3.63, 3.8) is 0 Å². The van der Waals surface area contributed by atoms with Gasteiger partial charge in [0.05, 0.1) is 18.8 Å². The van der Waals surface area contributed by atoms with Crippen molar-refractivity contribution in [2.24, 2.45) is 4.99 Å². The number of nitrogens with zero attached hydrogens (tertiary/aromatic N) is 1. The Morgan fingerprint density at radius 3 is 2.44 bits per heavy atom. The minimum Gasteiger partial charge on any atom is -0.357 e. The number of rotatable bonds is 7. The largest absolute Gasteiger partial charge is 0.357 e. The molecule has 0 aliphatic rings. The maximum atomic E-state index is 13.4. The normalized spacial score (nSPS) is 14.3. The quantitative estimate of drug-likeness (QED) is 0.501. The Balaban J connectivity index is 2.86. The zero-order valence-electron chi connectivity index (χ0n) is 15.2. The monoisotopic (exact) mass is 376 g/mol. The van der Waals surface area contributed by atoms with Crippen LogP contribution in [0.15, 0.2) is 23.2 Å². The van der Waals surface area contributed by atoms with Gasteiger partial charge < -0.3 is 10.6 Å². The summed E-state index contributed by atoms with van der Waals surface area (Å²) >= 11 is 0. The number of sulfonamides is 1. The maximum absolute atomic E-state index is 13.4. The molecule has 142 valence electrons. The first kappa shape index (κ1) is 21.3. The van der Waals surface area contributed by atoms with Crippen LogP contribution in [-0.2, 0) is 10.0 Å². The Morgan fingerprint density at radius 2 is 1.92 bits per heavy atom. The Kier molecular flexibility index (Phi) is 7.30. The van der Waals surface area contributed by atoms with Crippen LogP contribution < -0.4 is 15.4 Å². The van der Waals surface area contributed by atoms with E-state index in [1.165, 1.54) is 6.07 Å². The molecule has 0 amide bonds. The Bertz CT molecular complexity index is 721. The highest BCUT2D eigenvalue weighted by Gasteiger charge is 2.22. The highest BCUT2D eigenvalue weighted by molar-refractivity contribution is 7.88. The Hall–Kier alpha value is -1.74. The molecule has 0 aliphatic heterocycles. The molecule has 0 radical (unpaired) electrons. The number of hydrogen-bond donors (Lipinski definition) is 3. The second-order valence-corrected chi connectivity index (χ2v) is 8.24. The van der Waals surface area contributed by atoms with Crippen LogP contribution in [0, 0.1) is 11.6 Å². The zero-order chi connectivity index (χ0) is 19.3. The molecular formula is C16H26F2N4O2S. The molecular weight excluding hydrogens is 350 g/mol. The number of benzene rings is 1. The lowest BCUT2D eigenvalue weighted by atomic mass is 10.1. The van der Waals surface area contributed by atoms with Crippen LogP contribution in [0.25, 0.3) is 0 Å². The molecule has 0 aromatic heterocycles. The lowest BCUT2D eigenvalue weighted by molar-refractivity contribution is 0.464. The topological polar surface area (TPSA) is 82.6 Å². The van der Waals surface area contributed by atoms with Crippen LogP contribution in [0.2, 0.25) is 0 Å². The number of guanidine groups is 1. The van der Waals surface area contributed by atoms with Crippen molar-refractivity contribution < 1.29 is 17.2 Å². The van der Waals surface area contributed by atoms with Crippen molar-refractivity contribution in [2.45, 2.75) is 39.3 Å². The van der Waals surface area contributed by atoms with Crippen LogP contribution in [0.4, 0.5) is 8.78 Å². The van der Waals surface area contributed by atoms with Crippen molar-refractivity contribution in [3.05, 3.63) is 35.4 Å². The first-order valence-corrected chi connectivity index (χ1v) is 9.81. The molecule has 3 N–H and O–H groups in total. The summed E-state index contributed by atoms with van der Waals surface area (Å²) in [6.07, 6.45) is 1.09. The van der Waals surface area contributed by atoms with Gasteiger partial charge in [0.1, 0.15) is 0 Å². The molecule has 9 heteroatoms. The second-order valence-electron chi connectivity index (χ2n) is 6.49. The van der Waals surface area contributed by atoms with E-state index >= 15 is 0 Å². The molecule has 0 fully saturated rings. The molecule has 0 saturated heterocycles. The predicted octanol–water partition coefficient (Wildman–Crippen LogP) is 1.91. The third kappa shape index (κ3) is 7.78. The third-order valence-corrected chi connectivity index (χ3v) is 4.16. The van der Waals surface area contributed by atoms with E-state index in [1.807, 2.05) is 6.92 Å². The average Bonchev–Trinajstić information content (AvgIpc) is 2.45. The molecule has 0 bridgehead atoms. The van der Waals surface area contributed by atoms with Crippen molar-refractivity contribution in [2.75, 3.05) is 19.3 Å². The fourth-order valence-corrected chi connectivity index (χ4v) is 3.27. The standard InChI is InChI=1S/C16H26F2N4O2S/c1-6-19-15(20-10-16(3,4)22-25(5,23)24)21-11(2)12-7-8-13(17)14(18)9-12/h7-9,11,22H,6,10H2,1-5H3,(H2,19,20,21). The molecule has 1 aromatic rings. The summed E-state index contributed by atoms with van der Waals surface area (Å²) in [7, 11) is -3.35. The van der Waals surface area contributed by atoms with Gasteiger partial charge in [0.2, 0.25) is 10.0 Å². The molecule has 6 nitrogen and oxygen atoms in total. The lowest BCUT2D eigenvalue weighted by Gasteiger charge is -2.24. The minimum absolute atomic E-state index is 0.194. The molecule has 1 rings (SSSR count). The predicted molar refractivity (Wildman–Crippen MR) is 95.9 cm³/mol. The van der Waals surface area contributed by atoms with Gasteiger partial charge in [0, 0.05) is 12.1 Å². The van der Waals surface area contributed by atoms with Gasteiger partial charge in [-0.1, -0.05) is 6.07 Å². The second kappa shape index (κ2) is 8.57. The lowest BCUT2D eigenvalue weighted by Crippen LogP contribution is -2.47. The van der Waals surface area contributed by atoms with Gasteiger partial charge in [0.25, 0.3) is 0 Å². The summed E-state index contributed by atoms with van der Waals surface area (Å²) in [6.45, 7) is 7.91. The van der Waals surface area contributed by atoms with E-state index in [0.717, 1.165) is 18.4 Å². The van der Waals surface area contributed by atoms with Crippen molar-refractivity contribution >= 4 is 16.0 Å². The van der Waals surface area contributed by atoms with Gasteiger partial charge in [-0.2, -0.15) is 0 Å². The summed E-state index contributed by atoms with van der Waals surface area (Å²) in [5.74, 6) is -1.36. The van der Waals surface area contributed by atoms with Crippen LogP contribution in [0.5, 0.6) is 0 Å². The summed E-state index contributed by atoms with van der Waals surface area (Å²) < 4.78 is 51.7.